The van der Waals surface area contributed by atoms with Crippen LogP contribution in [0.25, 0.3) is 5.57 Å². The number of aromatic nitrogens is 1. The lowest BCUT2D eigenvalue weighted by Crippen LogP contribution is -2.27. The van der Waals surface area contributed by atoms with Crippen LogP contribution < -0.4 is 10.6 Å². The van der Waals surface area contributed by atoms with E-state index in [9.17, 15) is 0 Å². The lowest BCUT2D eigenvalue weighted by atomic mass is 9.74. The summed E-state index contributed by atoms with van der Waals surface area (Å²) in [5.41, 5.74) is 14.1. The van der Waals surface area contributed by atoms with Gasteiger partial charge in [0, 0.05) is 21.6 Å². The van der Waals surface area contributed by atoms with Gasteiger partial charge in [-0.2, -0.15) is 0 Å². The molecule has 5 aromatic rings. The predicted octanol–water partition coefficient (Wildman–Crippen LogP) is 11.9. The first-order valence-corrected chi connectivity index (χ1v) is 20.6. The summed E-state index contributed by atoms with van der Waals surface area (Å²) in [6.07, 6.45) is 0. The molecule has 0 saturated heterocycles. The SMILES string of the molecule is Cc1cc(C)c(P=C(c2ccccc2)c2cccc(/C(=C3\P(C)c4c(C(C)(C)C)cc(C(C)(C)C)cc4C3(C)C)c3ccccc3)n2)c(C)c1. The molecular formula is C47H53NP2. The first-order chi connectivity index (χ1) is 23.5. The highest BCUT2D eigenvalue weighted by molar-refractivity contribution is 7.70. The highest BCUT2D eigenvalue weighted by Gasteiger charge is 2.45. The summed E-state index contributed by atoms with van der Waals surface area (Å²) in [5, 5.41) is 5.67. The summed E-state index contributed by atoms with van der Waals surface area (Å²) in [5.74, 6) is 0. The van der Waals surface area contributed by atoms with Gasteiger partial charge in [-0.1, -0.05) is 160 Å². The Morgan fingerprint density at radius 3 is 1.78 bits per heavy atom. The van der Waals surface area contributed by atoms with Crippen molar-refractivity contribution in [2.45, 2.75) is 92.4 Å². The molecule has 4 aromatic carbocycles. The molecule has 6 rings (SSSR count). The molecule has 1 aliphatic rings. The van der Waals surface area contributed by atoms with Crippen LogP contribution in [0.5, 0.6) is 0 Å². The van der Waals surface area contributed by atoms with E-state index in [1.807, 2.05) is 0 Å². The second-order valence-corrected chi connectivity index (χ2v) is 19.8. The van der Waals surface area contributed by atoms with Gasteiger partial charge in [0.25, 0.3) is 0 Å². The Morgan fingerprint density at radius 2 is 1.22 bits per heavy atom. The number of fused-ring (bicyclic) bond motifs is 1. The van der Waals surface area contributed by atoms with Gasteiger partial charge in [-0.3, -0.25) is 0 Å². The number of aryl methyl sites for hydroxylation is 3. The zero-order valence-corrected chi connectivity index (χ0v) is 33.9. The van der Waals surface area contributed by atoms with E-state index < -0.39 is 7.92 Å². The topological polar surface area (TPSA) is 12.9 Å². The average molecular weight is 694 g/mol. The minimum absolute atomic E-state index is 0.0312. The van der Waals surface area contributed by atoms with Gasteiger partial charge in [0.1, 0.15) is 0 Å². The van der Waals surface area contributed by atoms with Gasteiger partial charge >= 0.3 is 0 Å². The summed E-state index contributed by atoms with van der Waals surface area (Å²) in [6.45, 7) is 28.3. The first-order valence-electron chi connectivity index (χ1n) is 17.9. The second-order valence-electron chi connectivity index (χ2n) is 16.7. The number of benzene rings is 4. The molecule has 0 aliphatic carbocycles. The number of allylic oxidation sites excluding steroid dienone is 1. The maximum Gasteiger partial charge on any atom is 0.0761 e. The molecule has 0 saturated carbocycles. The lowest BCUT2D eigenvalue weighted by Gasteiger charge is -2.30. The molecule has 0 amide bonds. The van der Waals surface area contributed by atoms with Crippen molar-refractivity contribution < 1.29 is 0 Å². The summed E-state index contributed by atoms with van der Waals surface area (Å²) in [6, 6.07) is 38.2. The van der Waals surface area contributed by atoms with Crippen LogP contribution in [0.2, 0.25) is 0 Å². The third-order valence-electron chi connectivity index (χ3n) is 10.2. The molecule has 1 aromatic heterocycles. The normalized spacial score (nSPS) is 17.1. The van der Waals surface area contributed by atoms with Crippen molar-refractivity contribution in [3.63, 3.8) is 0 Å². The molecule has 1 atom stereocenters. The highest BCUT2D eigenvalue weighted by atomic mass is 31.1. The van der Waals surface area contributed by atoms with Gasteiger partial charge in [-0.05, 0) is 108 Å². The van der Waals surface area contributed by atoms with E-state index in [0.717, 1.165) is 11.4 Å². The van der Waals surface area contributed by atoms with Crippen LogP contribution in [-0.4, -0.2) is 16.9 Å². The van der Waals surface area contributed by atoms with Crippen molar-refractivity contribution in [3.05, 3.63) is 164 Å². The number of hydrogen-bond acceptors (Lipinski definition) is 1. The monoisotopic (exact) mass is 693 g/mol. The highest BCUT2D eigenvalue weighted by Crippen LogP contribution is 2.62. The van der Waals surface area contributed by atoms with Crippen LogP contribution in [-0.2, 0) is 16.2 Å². The third kappa shape index (κ3) is 6.85. The number of rotatable bonds is 5. The van der Waals surface area contributed by atoms with Crippen LogP contribution in [0.1, 0.15) is 111 Å². The fourth-order valence-electron chi connectivity index (χ4n) is 7.66. The molecule has 0 fully saturated rings. The van der Waals surface area contributed by atoms with Crippen LogP contribution in [0.15, 0.2) is 108 Å². The first kappa shape index (κ1) is 36.2. The Labute approximate surface area is 304 Å². The van der Waals surface area contributed by atoms with Gasteiger partial charge in [0.15, 0.2) is 0 Å². The van der Waals surface area contributed by atoms with E-state index >= 15 is 0 Å². The molecule has 3 heteroatoms. The molecule has 0 radical (unpaired) electrons. The Bertz CT molecular complexity index is 2100. The van der Waals surface area contributed by atoms with E-state index in [1.165, 1.54) is 74.2 Å². The van der Waals surface area contributed by atoms with Crippen molar-refractivity contribution in [3.8, 4) is 0 Å². The molecule has 1 unspecified atom stereocenters. The van der Waals surface area contributed by atoms with E-state index in [-0.39, 0.29) is 16.2 Å². The molecule has 50 heavy (non-hydrogen) atoms. The second kappa shape index (κ2) is 13.5. The average Bonchev–Trinajstić information content (AvgIpc) is 3.25. The smallest absolute Gasteiger partial charge is 0.0761 e. The lowest BCUT2D eigenvalue weighted by molar-refractivity contribution is 0.565. The molecule has 0 bridgehead atoms. The van der Waals surface area contributed by atoms with Gasteiger partial charge in [0.2, 0.25) is 0 Å². The van der Waals surface area contributed by atoms with Gasteiger partial charge in [-0.15, -0.1) is 0 Å². The van der Waals surface area contributed by atoms with Gasteiger partial charge in [-0.25, -0.2) is 4.98 Å². The van der Waals surface area contributed by atoms with Crippen LogP contribution in [0.4, 0.5) is 0 Å². The molecule has 1 aliphatic heterocycles. The zero-order valence-electron chi connectivity index (χ0n) is 32.2. The Balaban J connectivity index is 1.65. The molecule has 2 heterocycles. The van der Waals surface area contributed by atoms with Gasteiger partial charge < -0.3 is 0 Å². The minimum atomic E-state index is -0.641. The fraction of sp³-hybridized carbons (Fsp3) is 0.319. The van der Waals surface area contributed by atoms with E-state index in [1.54, 1.807) is 5.30 Å². The molecule has 1 nitrogen and oxygen atoms in total. The van der Waals surface area contributed by atoms with E-state index in [0.29, 0.717) is 0 Å². The van der Waals surface area contributed by atoms with Gasteiger partial charge in [0.05, 0.1) is 11.4 Å². The van der Waals surface area contributed by atoms with Crippen LogP contribution in [0, 0.1) is 20.8 Å². The molecule has 256 valence electrons. The standard InChI is InChI=1S/C47H53NP2/c1-30-26-31(2)41(32(3)27-30)49-42(34-22-17-14-18-23-34)39-25-19-24-38(48-39)40(33-20-15-13-16-21-33)44-47(10,11)37-29-35(45(4,5)6)28-36(46(7,8)9)43(37)50(44)12/h13-29H,1-12H3/b44-40-. The number of nitrogens with zero attached hydrogens (tertiary/aromatic N) is 1. The van der Waals surface area contributed by atoms with Crippen molar-refractivity contribution in [1.29, 1.82) is 0 Å². The largest absolute Gasteiger partial charge is 0.247 e. The molecule has 0 spiro atoms. The van der Waals surface area contributed by atoms with Crippen molar-refractivity contribution in [2.24, 2.45) is 0 Å². The van der Waals surface area contributed by atoms with E-state index in [2.05, 4.69) is 186 Å². The number of hydrogen-bond donors (Lipinski definition) is 0. The third-order valence-corrected chi connectivity index (χ3v) is 14.4. The van der Waals surface area contributed by atoms with Crippen LogP contribution >= 0.6 is 16.1 Å². The minimum Gasteiger partial charge on any atom is -0.247 e. The molecular weight excluding hydrogens is 640 g/mol. The van der Waals surface area contributed by atoms with Crippen LogP contribution in [0.3, 0.4) is 0 Å². The van der Waals surface area contributed by atoms with Crippen molar-refractivity contribution in [1.82, 2.24) is 4.98 Å². The van der Waals surface area contributed by atoms with Crippen molar-refractivity contribution >= 4 is 37.6 Å². The zero-order chi connectivity index (χ0) is 36.2. The summed E-state index contributed by atoms with van der Waals surface area (Å²) >= 11 is 0. The quantitative estimate of drug-likeness (QED) is 0.167. The fourth-order valence-corrected chi connectivity index (χ4v) is 12.1. The number of pyridine rings is 1. The summed E-state index contributed by atoms with van der Waals surface area (Å²) in [4.78, 5) is 5.64. The molecule has 0 N–H and O–H groups in total. The summed E-state index contributed by atoms with van der Waals surface area (Å²) in [7, 11) is 0.528. The summed E-state index contributed by atoms with van der Waals surface area (Å²) < 4.78 is 0. The Morgan fingerprint density at radius 1 is 0.660 bits per heavy atom. The Kier molecular flexibility index (Phi) is 9.76. The maximum absolute atomic E-state index is 5.64. The maximum atomic E-state index is 5.64. The van der Waals surface area contributed by atoms with Crippen molar-refractivity contribution in [2.75, 3.05) is 6.66 Å². The predicted molar refractivity (Wildman–Crippen MR) is 223 cm³/mol. The Hall–Kier alpha value is -3.63. The van der Waals surface area contributed by atoms with E-state index in [4.69, 9.17) is 4.98 Å².